The van der Waals surface area contributed by atoms with Crippen molar-refractivity contribution in [3.63, 3.8) is 0 Å². The molecule has 7 heteroatoms. The SMILES string of the molecule is Cc1cc(NS(=O)(=O)c2ccc(C#N)cc2N)ccc1F. The number of anilines is 2. The van der Waals surface area contributed by atoms with E-state index in [2.05, 4.69) is 4.72 Å². The van der Waals surface area contributed by atoms with Gasteiger partial charge < -0.3 is 5.73 Å². The van der Waals surface area contributed by atoms with E-state index in [-0.39, 0.29) is 21.8 Å². The summed E-state index contributed by atoms with van der Waals surface area (Å²) in [5.41, 5.74) is 6.46. The fourth-order valence-electron chi connectivity index (χ4n) is 1.78. The van der Waals surface area contributed by atoms with Gasteiger partial charge in [-0.2, -0.15) is 5.26 Å². The summed E-state index contributed by atoms with van der Waals surface area (Å²) in [6, 6.07) is 9.65. The molecule has 2 rings (SSSR count). The number of benzene rings is 2. The van der Waals surface area contributed by atoms with E-state index in [9.17, 15) is 12.8 Å². The van der Waals surface area contributed by atoms with Crippen LogP contribution in [-0.2, 0) is 10.0 Å². The van der Waals surface area contributed by atoms with Gasteiger partial charge in [-0.3, -0.25) is 4.72 Å². The predicted octanol–water partition coefficient (Wildman–Crippen LogP) is 2.39. The Morgan fingerprint density at radius 3 is 2.52 bits per heavy atom. The molecule has 0 spiro atoms. The number of hydrogen-bond donors (Lipinski definition) is 2. The van der Waals surface area contributed by atoms with Crippen LogP contribution in [-0.4, -0.2) is 8.42 Å². The molecule has 2 aromatic carbocycles. The Labute approximate surface area is 121 Å². The van der Waals surface area contributed by atoms with Crippen LogP contribution in [0, 0.1) is 24.1 Å². The molecule has 0 amide bonds. The summed E-state index contributed by atoms with van der Waals surface area (Å²) in [5.74, 6) is -0.421. The molecule has 3 N–H and O–H groups in total. The first-order valence-corrected chi connectivity index (χ1v) is 7.40. The Morgan fingerprint density at radius 2 is 1.95 bits per heavy atom. The molecule has 0 heterocycles. The largest absolute Gasteiger partial charge is 0.398 e. The Morgan fingerprint density at radius 1 is 1.24 bits per heavy atom. The highest BCUT2D eigenvalue weighted by atomic mass is 32.2. The van der Waals surface area contributed by atoms with Crippen LogP contribution in [0.3, 0.4) is 0 Å². The Hall–Kier alpha value is -2.59. The van der Waals surface area contributed by atoms with Crippen LogP contribution in [0.4, 0.5) is 15.8 Å². The standard InChI is InChI=1S/C14H12FN3O2S/c1-9-6-11(3-4-12(9)15)18-21(19,20)14-5-2-10(8-16)7-13(14)17/h2-7,18H,17H2,1H3. The molecule has 0 fully saturated rings. The van der Waals surface area contributed by atoms with Gasteiger partial charge in [-0.1, -0.05) is 0 Å². The number of nitrogens with zero attached hydrogens (tertiary/aromatic N) is 1. The number of nitrogens with two attached hydrogens (primary N) is 1. The zero-order chi connectivity index (χ0) is 15.6. The lowest BCUT2D eigenvalue weighted by molar-refractivity contribution is 0.601. The highest BCUT2D eigenvalue weighted by Crippen LogP contribution is 2.23. The van der Waals surface area contributed by atoms with Crippen LogP contribution in [0.5, 0.6) is 0 Å². The summed E-state index contributed by atoms with van der Waals surface area (Å²) >= 11 is 0. The number of rotatable bonds is 3. The van der Waals surface area contributed by atoms with E-state index in [1.54, 1.807) is 0 Å². The summed E-state index contributed by atoms with van der Waals surface area (Å²) < 4.78 is 40.0. The first-order chi connectivity index (χ1) is 9.83. The van der Waals surface area contributed by atoms with E-state index < -0.39 is 15.8 Å². The van der Waals surface area contributed by atoms with Gasteiger partial charge in [0.15, 0.2) is 0 Å². The maximum absolute atomic E-state index is 13.2. The van der Waals surface area contributed by atoms with Crippen molar-refractivity contribution in [1.82, 2.24) is 0 Å². The molecule has 21 heavy (non-hydrogen) atoms. The third-order valence-electron chi connectivity index (χ3n) is 2.84. The molecular weight excluding hydrogens is 293 g/mol. The van der Waals surface area contributed by atoms with E-state index >= 15 is 0 Å². The smallest absolute Gasteiger partial charge is 0.263 e. The van der Waals surface area contributed by atoms with Gasteiger partial charge in [-0.05, 0) is 48.9 Å². The molecule has 0 unspecified atom stereocenters. The molecule has 2 aromatic rings. The van der Waals surface area contributed by atoms with E-state index in [1.165, 1.54) is 43.3 Å². The van der Waals surface area contributed by atoms with Gasteiger partial charge in [0.25, 0.3) is 10.0 Å². The fourth-order valence-corrected chi connectivity index (χ4v) is 2.94. The van der Waals surface area contributed by atoms with Crippen LogP contribution in [0.25, 0.3) is 0 Å². The molecule has 0 aliphatic rings. The van der Waals surface area contributed by atoms with E-state index in [4.69, 9.17) is 11.0 Å². The van der Waals surface area contributed by atoms with Crippen molar-refractivity contribution < 1.29 is 12.8 Å². The van der Waals surface area contributed by atoms with Crippen LogP contribution < -0.4 is 10.5 Å². The van der Waals surface area contributed by atoms with Crippen LogP contribution >= 0.6 is 0 Å². The minimum atomic E-state index is -3.91. The quantitative estimate of drug-likeness (QED) is 0.851. The summed E-state index contributed by atoms with van der Waals surface area (Å²) in [6.45, 7) is 1.53. The van der Waals surface area contributed by atoms with Crippen molar-refractivity contribution >= 4 is 21.4 Å². The molecular formula is C14H12FN3O2S. The van der Waals surface area contributed by atoms with Gasteiger partial charge in [0.2, 0.25) is 0 Å². The number of sulfonamides is 1. The minimum absolute atomic E-state index is 0.0274. The zero-order valence-electron chi connectivity index (χ0n) is 11.1. The monoisotopic (exact) mass is 305 g/mol. The normalized spacial score (nSPS) is 10.9. The van der Waals surface area contributed by atoms with Crippen LogP contribution in [0.1, 0.15) is 11.1 Å². The summed E-state index contributed by atoms with van der Waals surface area (Å²) in [6.07, 6.45) is 0. The first-order valence-electron chi connectivity index (χ1n) is 5.92. The molecule has 0 bridgehead atoms. The van der Waals surface area contributed by atoms with Gasteiger partial charge in [0, 0.05) is 5.69 Å². The summed E-state index contributed by atoms with van der Waals surface area (Å²) in [5, 5.41) is 8.74. The highest BCUT2D eigenvalue weighted by Gasteiger charge is 2.18. The third kappa shape index (κ3) is 3.12. The van der Waals surface area contributed by atoms with Gasteiger partial charge >= 0.3 is 0 Å². The maximum Gasteiger partial charge on any atom is 0.263 e. The van der Waals surface area contributed by atoms with E-state index in [0.29, 0.717) is 5.56 Å². The molecule has 5 nitrogen and oxygen atoms in total. The van der Waals surface area contributed by atoms with E-state index in [0.717, 1.165) is 0 Å². The highest BCUT2D eigenvalue weighted by molar-refractivity contribution is 7.92. The number of nitrogens with one attached hydrogen (secondary N) is 1. The minimum Gasteiger partial charge on any atom is -0.398 e. The zero-order valence-corrected chi connectivity index (χ0v) is 11.9. The van der Waals surface area contributed by atoms with Gasteiger partial charge in [0.05, 0.1) is 17.3 Å². The van der Waals surface area contributed by atoms with Crippen molar-refractivity contribution in [3.05, 3.63) is 53.3 Å². The molecule has 0 aromatic heterocycles. The molecule has 0 saturated carbocycles. The number of aryl methyl sites for hydroxylation is 1. The van der Waals surface area contributed by atoms with Crippen molar-refractivity contribution in [1.29, 1.82) is 5.26 Å². The maximum atomic E-state index is 13.2. The number of nitriles is 1. The topological polar surface area (TPSA) is 96.0 Å². The van der Waals surface area contributed by atoms with Gasteiger partial charge in [0.1, 0.15) is 10.7 Å². The molecule has 0 atom stereocenters. The van der Waals surface area contributed by atoms with E-state index in [1.807, 2.05) is 6.07 Å². The van der Waals surface area contributed by atoms with Crippen molar-refractivity contribution in [3.8, 4) is 6.07 Å². The van der Waals surface area contributed by atoms with Crippen molar-refractivity contribution in [2.24, 2.45) is 0 Å². The number of nitrogen functional groups attached to an aromatic ring is 1. The van der Waals surface area contributed by atoms with Gasteiger partial charge in [-0.25, -0.2) is 12.8 Å². The number of halogens is 1. The average Bonchev–Trinajstić information content (AvgIpc) is 2.42. The second kappa shape index (κ2) is 5.42. The molecule has 0 saturated heterocycles. The molecule has 0 radical (unpaired) electrons. The average molecular weight is 305 g/mol. The van der Waals surface area contributed by atoms with Crippen LogP contribution in [0.15, 0.2) is 41.3 Å². The second-order valence-corrected chi connectivity index (χ2v) is 6.08. The van der Waals surface area contributed by atoms with Crippen molar-refractivity contribution in [2.75, 3.05) is 10.5 Å². The van der Waals surface area contributed by atoms with Crippen LogP contribution in [0.2, 0.25) is 0 Å². The molecule has 0 aliphatic heterocycles. The number of hydrogen-bond acceptors (Lipinski definition) is 4. The second-order valence-electron chi connectivity index (χ2n) is 4.43. The van der Waals surface area contributed by atoms with Crippen molar-refractivity contribution in [2.45, 2.75) is 11.8 Å². The summed E-state index contributed by atoms with van der Waals surface area (Å²) in [7, 11) is -3.91. The molecule has 0 aliphatic carbocycles. The Kier molecular flexibility index (Phi) is 3.82. The fraction of sp³-hybridized carbons (Fsp3) is 0.0714. The van der Waals surface area contributed by atoms with Gasteiger partial charge in [-0.15, -0.1) is 0 Å². The predicted molar refractivity (Wildman–Crippen MR) is 77.5 cm³/mol. The Bertz CT molecular complexity index is 842. The molecule has 108 valence electrons. The lowest BCUT2D eigenvalue weighted by Crippen LogP contribution is -2.15. The third-order valence-corrected chi connectivity index (χ3v) is 4.29. The lowest BCUT2D eigenvalue weighted by Gasteiger charge is -2.11. The lowest BCUT2D eigenvalue weighted by atomic mass is 10.2. The first kappa shape index (κ1) is 14.8. The summed E-state index contributed by atoms with van der Waals surface area (Å²) in [4.78, 5) is -0.136. The Balaban J connectivity index is 2.38.